The van der Waals surface area contributed by atoms with Gasteiger partial charge in [-0.1, -0.05) is 6.07 Å². The number of thiophene rings is 1. The van der Waals surface area contributed by atoms with Crippen LogP contribution in [0.15, 0.2) is 32.5 Å². The van der Waals surface area contributed by atoms with E-state index in [1.54, 1.807) is 18.4 Å². The van der Waals surface area contributed by atoms with Crippen molar-refractivity contribution in [1.29, 1.82) is 0 Å². The first kappa shape index (κ1) is 15.0. The molecule has 0 spiro atoms. The Morgan fingerprint density at radius 2 is 2.05 bits per heavy atom. The average Bonchev–Trinajstić information content (AvgIpc) is 2.70. The fourth-order valence-corrected chi connectivity index (χ4v) is 3.95. The molecule has 1 N–H and O–H groups in total. The number of aliphatic hydroxyl groups excluding tert-OH is 1. The van der Waals surface area contributed by atoms with Crippen LogP contribution in [0, 0.1) is 6.92 Å². The second-order valence-corrected chi connectivity index (χ2v) is 7.55. The molecule has 0 saturated carbocycles. The van der Waals surface area contributed by atoms with Crippen LogP contribution in [0.2, 0.25) is 0 Å². The molecule has 1 heterocycles. The van der Waals surface area contributed by atoms with E-state index in [0.717, 1.165) is 30.0 Å². The van der Waals surface area contributed by atoms with Crippen molar-refractivity contribution >= 4 is 43.2 Å². The predicted octanol–water partition coefficient (Wildman–Crippen LogP) is 4.87. The van der Waals surface area contributed by atoms with Crippen LogP contribution in [0.3, 0.4) is 0 Å². The van der Waals surface area contributed by atoms with E-state index in [4.69, 9.17) is 4.74 Å². The summed E-state index contributed by atoms with van der Waals surface area (Å²) in [6.45, 7) is 2.03. The molecule has 0 bridgehead atoms. The quantitative estimate of drug-likeness (QED) is 0.786. The van der Waals surface area contributed by atoms with Crippen molar-refractivity contribution in [2.45, 2.75) is 19.4 Å². The summed E-state index contributed by atoms with van der Waals surface area (Å²) in [5.74, 6) is 0.799. The van der Waals surface area contributed by atoms with E-state index in [-0.39, 0.29) is 0 Å². The lowest BCUT2D eigenvalue weighted by Crippen LogP contribution is -1.99. The standard InChI is InChI=1S/C14H14Br2O2S/c1-8-5-13(19-14(8)16)11(17)7-9-3-4-12(18-2)10(15)6-9/h3-6,11,17H,7H2,1-2H3. The molecule has 0 radical (unpaired) electrons. The number of ether oxygens (including phenoxy) is 1. The Morgan fingerprint density at radius 1 is 1.32 bits per heavy atom. The average molecular weight is 406 g/mol. The van der Waals surface area contributed by atoms with Crippen molar-refractivity contribution in [2.75, 3.05) is 7.11 Å². The zero-order valence-corrected chi connectivity index (χ0v) is 14.6. The van der Waals surface area contributed by atoms with Crippen LogP contribution in [-0.4, -0.2) is 12.2 Å². The molecule has 1 atom stereocenters. The molecule has 0 amide bonds. The number of aliphatic hydroxyl groups is 1. The van der Waals surface area contributed by atoms with E-state index in [1.807, 2.05) is 31.2 Å². The summed E-state index contributed by atoms with van der Waals surface area (Å²) in [5, 5.41) is 10.3. The molecule has 5 heteroatoms. The van der Waals surface area contributed by atoms with Gasteiger partial charge in [0.05, 0.1) is 21.5 Å². The zero-order valence-electron chi connectivity index (χ0n) is 10.6. The summed E-state index contributed by atoms with van der Waals surface area (Å²) in [5.41, 5.74) is 2.23. The van der Waals surface area contributed by atoms with Crippen LogP contribution in [0.1, 0.15) is 22.1 Å². The molecular weight excluding hydrogens is 392 g/mol. The molecule has 0 saturated heterocycles. The molecule has 0 fully saturated rings. The van der Waals surface area contributed by atoms with Crippen LogP contribution in [-0.2, 0) is 6.42 Å². The third kappa shape index (κ3) is 3.60. The van der Waals surface area contributed by atoms with Gasteiger partial charge >= 0.3 is 0 Å². The van der Waals surface area contributed by atoms with Gasteiger partial charge in [-0.2, -0.15) is 0 Å². The van der Waals surface area contributed by atoms with Crippen LogP contribution in [0.5, 0.6) is 5.75 Å². The van der Waals surface area contributed by atoms with Crippen molar-refractivity contribution in [3.05, 3.63) is 48.5 Å². The number of hydrogen-bond acceptors (Lipinski definition) is 3. The summed E-state index contributed by atoms with van der Waals surface area (Å²) >= 11 is 8.53. The minimum atomic E-state index is -0.477. The molecule has 102 valence electrons. The maximum atomic E-state index is 10.3. The highest BCUT2D eigenvalue weighted by Crippen LogP contribution is 2.33. The normalized spacial score (nSPS) is 12.5. The van der Waals surface area contributed by atoms with Crippen LogP contribution in [0.25, 0.3) is 0 Å². The van der Waals surface area contributed by atoms with Gasteiger partial charge in [0.25, 0.3) is 0 Å². The van der Waals surface area contributed by atoms with Gasteiger partial charge in [-0.05, 0) is 68.1 Å². The Morgan fingerprint density at radius 3 is 2.58 bits per heavy atom. The maximum Gasteiger partial charge on any atom is 0.133 e. The first-order valence-electron chi connectivity index (χ1n) is 5.77. The number of benzene rings is 1. The first-order chi connectivity index (χ1) is 9.01. The number of hydrogen-bond donors (Lipinski definition) is 1. The highest BCUT2D eigenvalue weighted by atomic mass is 79.9. The van der Waals surface area contributed by atoms with Crippen molar-refractivity contribution < 1.29 is 9.84 Å². The molecule has 2 aromatic rings. The molecule has 1 aromatic heterocycles. The largest absolute Gasteiger partial charge is 0.496 e. The SMILES string of the molecule is COc1ccc(CC(O)c2cc(C)c(Br)s2)cc1Br. The lowest BCUT2D eigenvalue weighted by atomic mass is 10.1. The Hall–Kier alpha value is -0.360. The van der Waals surface area contributed by atoms with Gasteiger partial charge in [0, 0.05) is 11.3 Å². The lowest BCUT2D eigenvalue weighted by Gasteiger charge is -2.10. The zero-order chi connectivity index (χ0) is 14.0. The molecular formula is C14H14Br2O2S. The second-order valence-electron chi connectivity index (χ2n) is 4.29. The number of halogens is 2. The lowest BCUT2D eigenvalue weighted by molar-refractivity contribution is 0.182. The molecule has 0 aliphatic heterocycles. The van der Waals surface area contributed by atoms with E-state index in [2.05, 4.69) is 31.9 Å². The third-order valence-electron chi connectivity index (χ3n) is 2.85. The van der Waals surface area contributed by atoms with Gasteiger partial charge < -0.3 is 9.84 Å². The van der Waals surface area contributed by atoms with E-state index < -0.39 is 6.10 Å². The van der Waals surface area contributed by atoms with E-state index >= 15 is 0 Å². The molecule has 0 aliphatic carbocycles. The van der Waals surface area contributed by atoms with E-state index in [9.17, 15) is 5.11 Å². The molecule has 1 unspecified atom stereocenters. The highest BCUT2D eigenvalue weighted by molar-refractivity contribution is 9.11. The monoisotopic (exact) mass is 404 g/mol. The highest BCUT2D eigenvalue weighted by Gasteiger charge is 2.14. The van der Waals surface area contributed by atoms with Crippen molar-refractivity contribution in [3.8, 4) is 5.75 Å². The summed E-state index contributed by atoms with van der Waals surface area (Å²) in [6, 6.07) is 7.89. The molecule has 2 rings (SSSR count). The number of methoxy groups -OCH3 is 1. The predicted molar refractivity (Wildman–Crippen MR) is 86.1 cm³/mol. The van der Waals surface area contributed by atoms with Gasteiger partial charge in [-0.3, -0.25) is 0 Å². The molecule has 19 heavy (non-hydrogen) atoms. The van der Waals surface area contributed by atoms with Crippen molar-refractivity contribution in [2.24, 2.45) is 0 Å². The third-order valence-corrected chi connectivity index (χ3v) is 5.71. The van der Waals surface area contributed by atoms with Crippen LogP contribution < -0.4 is 4.74 Å². The summed E-state index contributed by atoms with van der Waals surface area (Å²) in [7, 11) is 1.64. The Balaban J connectivity index is 2.14. The maximum absolute atomic E-state index is 10.3. The van der Waals surface area contributed by atoms with Crippen LogP contribution in [0.4, 0.5) is 0 Å². The fraction of sp³-hybridized carbons (Fsp3) is 0.286. The summed E-state index contributed by atoms with van der Waals surface area (Å²) in [4.78, 5) is 0.983. The van der Waals surface area contributed by atoms with E-state index in [0.29, 0.717) is 6.42 Å². The minimum Gasteiger partial charge on any atom is -0.496 e. The van der Waals surface area contributed by atoms with Crippen molar-refractivity contribution in [1.82, 2.24) is 0 Å². The first-order valence-corrected chi connectivity index (χ1v) is 8.18. The molecule has 1 aromatic carbocycles. The van der Waals surface area contributed by atoms with Gasteiger partial charge in [-0.15, -0.1) is 11.3 Å². The number of rotatable bonds is 4. The van der Waals surface area contributed by atoms with E-state index in [1.165, 1.54) is 0 Å². The minimum absolute atomic E-state index is 0.477. The Kier molecular flexibility index (Phi) is 5.06. The number of aryl methyl sites for hydroxylation is 1. The Bertz CT molecular complexity index is 561. The molecule has 0 aliphatic rings. The summed E-state index contributed by atoms with van der Waals surface area (Å²) in [6.07, 6.45) is 0.116. The smallest absolute Gasteiger partial charge is 0.133 e. The van der Waals surface area contributed by atoms with Gasteiger partial charge in [-0.25, -0.2) is 0 Å². The second kappa shape index (κ2) is 6.39. The summed E-state index contributed by atoms with van der Waals surface area (Å²) < 4.78 is 7.18. The van der Waals surface area contributed by atoms with Gasteiger partial charge in [0.2, 0.25) is 0 Å². The van der Waals surface area contributed by atoms with Crippen molar-refractivity contribution in [3.63, 3.8) is 0 Å². The van der Waals surface area contributed by atoms with Gasteiger partial charge in [0.1, 0.15) is 5.75 Å². The fourth-order valence-electron chi connectivity index (χ4n) is 1.81. The molecule has 2 nitrogen and oxygen atoms in total. The topological polar surface area (TPSA) is 29.5 Å². The van der Waals surface area contributed by atoms with Gasteiger partial charge in [0.15, 0.2) is 0 Å². The Labute approximate surface area is 133 Å². The van der Waals surface area contributed by atoms with Crippen LogP contribution >= 0.6 is 43.2 Å².